The fourth-order valence-electron chi connectivity index (χ4n) is 1.07. The van der Waals surface area contributed by atoms with Crippen LogP contribution >= 0.6 is 0 Å². The second-order valence-corrected chi connectivity index (χ2v) is 2.89. The SMILES string of the molecule is O=C(NNc1ncccn1)C1CNNN1. The van der Waals surface area contributed by atoms with Gasteiger partial charge in [0, 0.05) is 18.9 Å². The number of amides is 1. The average Bonchev–Trinajstić information content (AvgIpc) is 2.81. The Morgan fingerprint density at radius 1 is 1.47 bits per heavy atom. The zero-order chi connectivity index (χ0) is 10.5. The molecule has 2 rings (SSSR count). The lowest BCUT2D eigenvalue weighted by Gasteiger charge is -2.10. The van der Waals surface area contributed by atoms with Gasteiger partial charge in [0.2, 0.25) is 5.95 Å². The minimum atomic E-state index is -0.318. The third-order valence-electron chi connectivity index (χ3n) is 1.82. The van der Waals surface area contributed by atoms with Crippen LogP contribution in [0.1, 0.15) is 0 Å². The third-order valence-corrected chi connectivity index (χ3v) is 1.82. The highest BCUT2D eigenvalue weighted by Gasteiger charge is 2.21. The summed E-state index contributed by atoms with van der Waals surface area (Å²) in [5.74, 6) is 0.157. The molecule has 1 fully saturated rings. The van der Waals surface area contributed by atoms with Crippen molar-refractivity contribution in [1.29, 1.82) is 0 Å². The lowest BCUT2D eigenvalue weighted by molar-refractivity contribution is -0.122. The molecule has 0 saturated carbocycles. The predicted octanol–water partition coefficient (Wildman–Crippen LogP) is -2.10. The topological polar surface area (TPSA) is 103 Å². The van der Waals surface area contributed by atoms with E-state index in [2.05, 4.69) is 37.2 Å². The van der Waals surface area contributed by atoms with Gasteiger partial charge in [-0.05, 0) is 6.07 Å². The van der Waals surface area contributed by atoms with Crippen molar-refractivity contribution in [3.8, 4) is 0 Å². The zero-order valence-corrected chi connectivity index (χ0v) is 7.82. The lowest BCUT2D eigenvalue weighted by atomic mass is 10.3. The average molecular weight is 209 g/mol. The summed E-state index contributed by atoms with van der Waals surface area (Å²) in [5, 5.41) is 0. The first-order valence-electron chi connectivity index (χ1n) is 4.42. The molecule has 5 N–H and O–H groups in total. The van der Waals surface area contributed by atoms with E-state index in [-0.39, 0.29) is 11.9 Å². The molecule has 1 amide bonds. The molecule has 1 aromatic rings. The summed E-state index contributed by atoms with van der Waals surface area (Å²) in [6.07, 6.45) is 3.16. The highest BCUT2D eigenvalue weighted by Crippen LogP contribution is 1.91. The van der Waals surface area contributed by atoms with Crippen molar-refractivity contribution in [2.75, 3.05) is 12.0 Å². The Bertz CT molecular complexity index is 323. The summed E-state index contributed by atoms with van der Waals surface area (Å²) in [6, 6.07) is 1.38. The Morgan fingerprint density at radius 2 is 2.27 bits per heavy atom. The molecule has 1 saturated heterocycles. The summed E-state index contributed by atoms with van der Waals surface area (Å²) < 4.78 is 0. The first kappa shape index (κ1) is 9.77. The first-order chi connectivity index (χ1) is 7.36. The van der Waals surface area contributed by atoms with E-state index in [1.165, 1.54) is 0 Å². The Hall–Kier alpha value is -1.77. The van der Waals surface area contributed by atoms with Crippen molar-refractivity contribution < 1.29 is 4.79 Å². The van der Waals surface area contributed by atoms with Crippen molar-refractivity contribution in [3.05, 3.63) is 18.5 Å². The Labute approximate surface area is 85.8 Å². The fourth-order valence-corrected chi connectivity index (χ4v) is 1.07. The van der Waals surface area contributed by atoms with Gasteiger partial charge >= 0.3 is 0 Å². The van der Waals surface area contributed by atoms with E-state index < -0.39 is 0 Å². The highest BCUT2D eigenvalue weighted by molar-refractivity contribution is 5.82. The van der Waals surface area contributed by atoms with Crippen molar-refractivity contribution in [2.24, 2.45) is 0 Å². The number of hydrazine groups is 3. The molecule has 0 radical (unpaired) electrons. The Kier molecular flexibility index (Phi) is 3.02. The summed E-state index contributed by atoms with van der Waals surface area (Å²) in [5.41, 5.74) is 13.2. The second-order valence-electron chi connectivity index (χ2n) is 2.89. The lowest BCUT2D eigenvalue weighted by Crippen LogP contribution is -2.46. The number of nitrogens with zero attached hydrogens (tertiary/aromatic N) is 2. The number of hydrogen-bond donors (Lipinski definition) is 5. The van der Waals surface area contributed by atoms with Crippen molar-refractivity contribution >= 4 is 11.9 Å². The summed E-state index contributed by atoms with van der Waals surface area (Å²) >= 11 is 0. The van der Waals surface area contributed by atoms with Crippen LogP contribution in [-0.2, 0) is 4.79 Å². The standard InChI is InChI=1S/C7H11N7O/c15-6(5-4-10-14-11-5)12-13-7-8-2-1-3-9-7/h1-3,5,10-11,14H,4H2,(H,12,15)(H,8,9,13). The van der Waals surface area contributed by atoms with Crippen LogP contribution in [0.2, 0.25) is 0 Å². The third kappa shape index (κ3) is 2.59. The van der Waals surface area contributed by atoms with Crippen LogP contribution in [0.3, 0.4) is 0 Å². The Morgan fingerprint density at radius 3 is 2.93 bits per heavy atom. The maximum Gasteiger partial charge on any atom is 0.258 e. The molecular formula is C7H11N7O. The molecule has 1 unspecified atom stereocenters. The van der Waals surface area contributed by atoms with E-state index in [4.69, 9.17) is 0 Å². The summed E-state index contributed by atoms with van der Waals surface area (Å²) in [6.45, 7) is 0.517. The van der Waals surface area contributed by atoms with Crippen molar-refractivity contribution in [3.63, 3.8) is 0 Å². The quantitative estimate of drug-likeness (QED) is 0.363. The van der Waals surface area contributed by atoms with Gasteiger partial charge in [0.25, 0.3) is 5.91 Å². The smallest absolute Gasteiger partial charge is 0.258 e. The van der Waals surface area contributed by atoms with Gasteiger partial charge in [-0.25, -0.2) is 20.8 Å². The predicted molar refractivity (Wildman–Crippen MR) is 51.9 cm³/mol. The molecule has 1 aliphatic heterocycles. The van der Waals surface area contributed by atoms with Gasteiger partial charge in [-0.3, -0.25) is 15.6 Å². The van der Waals surface area contributed by atoms with Crippen LogP contribution in [0.5, 0.6) is 0 Å². The molecule has 15 heavy (non-hydrogen) atoms. The number of carbonyl (C=O) groups excluding carboxylic acids is 1. The van der Waals surface area contributed by atoms with E-state index in [1.807, 2.05) is 0 Å². The monoisotopic (exact) mass is 209 g/mol. The number of rotatable bonds is 3. The molecule has 0 aromatic carbocycles. The van der Waals surface area contributed by atoms with E-state index in [0.717, 1.165) is 0 Å². The van der Waals surface area contributed by atoms with Crippen molar-refractivity contribution in [2.45, 2.75) is 6.04 Å². The molecule has 8 heteroatoms. The molecule has 1 atom stereocenters. The van der Waals surface area contributed by atoms with E-state index >= 15 is 0 Å². The molecule has 0 aliphatic carbocycles. The molecule has 0 bridgehead atoms. The molecule has 0 spiro atoms. The number of hydrogen-bond acceptors (Lipinski definition) is 7. The van der Waals surface area contributed by atoms with Gasteiger partial charge in [-0.2, -0.15) is 5.53 Å². The van der Waals surface area contributed by atoms with Crippen LogP contribution < -0.4 is 27.2 Å². The van der Waals surface area contributed by atoms with Gasteiger partial charge < -0.3 is 0 Å². The molecule has 8 nitrogen and oxygen atoms in total. The minimum absolute atomic E-state index is 0.194. The Balaban J connectivity index is 1.80. The van der Waals surface area contributed by atoms with Gasteiger partial charge in [-0.1, -0.05) is 0 Å². The maximum atomic E-state index is 11.4. The van der Waals surface area contributed by atoms with Crippen LogP contribution in [0.4, 0.5) is 5.95 Å². The van der Waals surface area contributed by atoms with Gasteiger partial charge in [0.05, 0.1) is 0 Å². The summed E-state index contributed by atoms with van der Waals surface area (Å²) in [7, 11) is 0. The zero-order valence-electron chi connectivity index (χ0n) is 7.82. The van der Waals surface area contributed by atoms with E-state index in [0.29, 0.717) is 12.5 Å². The van der Waals surface area contributed by atoms with Gasteiger partial charge in [0.15, 0.2) is 0 Å². The number of anilines is 1. The molecule has 80 valence electrons. The van der Waals surface area contributed by atoms with Gasteiger partial charge in [-0.15, -0.1) is 0 Å². The van der Waals surface area contributed by atoms with Crippen LogP contribution in [-0.4, -0.2) is 28.5 Å². The normalized spacial score (nSPS) is 19.9. The van der Waals surface area contributed by atoms with Crippen LogP contribution in [0, 0.1) is 0 Å². The fraction of sp³-hybridized carbons (Fsp3) is 0.286. The largest absolute Gasteiger partial charge is 0.271 e. The van der Waals surface area contributed by atoms with Gasteiger partial charge in [0.1, 0.15) is 6.04 Å². The second kappa shape index (κ2) is 4.64. The van der Waals surface area contributed by atoms with E-state index in [9.17, 15) is 4.79 Å². The first-order valence-corrected chi connectivity index (χ1v) is 4.42. The molecule has 1 aliphatic rings. The molecule has 1 aromatic heterocycles. The number of aromatic nitrogens is 2. The number of carbonyl (C=O) groups is 1. The van der Waals surface area contributed by atoms with E-state index in [1.54, 1.807) is 18.5 Å². The molecular weight excluding hydrogens is 198 g/mol. The van der Waals surface area contributed by atoms with Crippen LogP contribution in [0.15, 0.2) is 18.5 Å². The molecule has 2 heterocycles. The van der Waals surface area contributed by atoms with Crippen LogP contribution in [0.25, 0.3) is 0 Å². The van der Waals surface area contributed by atoms with Crippen molar-refractivity contribution in [1.82, 2.24) is 31.8 Å². The number of nitrogens with one attached hydrogen (secondary N) is 5. The minimum Gasteiger partial charge on any atom is -0.271 e. The maximum absolute atomic E-state index is 11.4. The summed E-state index contributed by atoms with van der Waals surface area (Å²) in [4.78, 5) is 19.2. The highest BCUT2D eigenvalue weighted by atomic mass is 16.2.